The van der Waals surface area contributed by atoms with Gasteiger partial charge in [-0.15, -0.1) is 0 Å². The Morgan fingerprint density at radius 3 is 2.62 bits per heavy atom. The van der Waals surface area contributed by atoms with E-state index in [1.807, 2.05) is 42.5 Å². The van der Waals surface area contributed by atoms with Gasteiger partial charge in [-0.05, 0) is 37.6 Å². The van der Waals surface area contributed by atoms with Gasteiger partial charge in [-0.1, -0.05) is 25.1 Å². The monoisotopic (exact) mass is 344 g/mol. The molecular formula is C20H20N6. The Bertz CT molecular complexity index is 917. The average molecular weight is 344 g/mol. The van der Waals surface area contributed by atoms with Gasteiger partial charge in [0.1, 0.15) is 11.9 Å². The summed E-state index contributed by atoms with van der Waals surface area (Å²) in [7, 11) is 0. The lowest BCUT2D eigenvalue weighted by Gasteiger charge is -2.14. The molecule has 2 aromatic heterocycles. The summed E-state index contributed by atoms with van der Waals surface area (Å²) >= 11 is 0. The highest BCUT2D eigenvalue weighted by Crippen LogP contribution is 2.24. The van der Waals surface area contributed by atoms with Crippen LogP contribution in [0, 0.1) is 11.3 Å². The molecule has 2 N–H and O–H groups in total. The molecule has 0 radical (unpaired) electrons. The number of hydrogen-bond donors (Lipinski definition) is 2. The zero-order valence-electron chi connectivity index (χ0n) is 14.8. The quantitative estimate of drug-likeness (QED) is 0.691. The minimum Gasteiger partial charge on any atom is -0.352 e. The predicted molar refractivity (Wildman–Crippen MR) is 103 cm³/mol. The number of para-hydroxylation sites is 1. The number of pyridine rings is 1. The third-order valence-electron chi connectivity index (χ3n) is 3.95. The number of benzene rings is 1. The van der Waals surface area contributed by atoms with E-state index in [4.69, 9.17) is 0 Å². The van der Waals surface area contributed by atoms with Gasteiger partial charge in [0.15, 0.2) is 0 Å². The Kier molecular flexibility index (Phi) is 5.40. The number of anilines is 3. The van der Waals surface area contributed by atoms with Crippen LogP contribution in [-0.4, -0.2) is 21.0 Å². The molecule has 2 heterocycles. The zero-order valence-corrected chi connectivity index (χ0v) is 14.8. The van der Waals surface area contributed by atoms with Crippen LogP contribution in [0.3, 0.4) is 0 Å². The SMILES string of the molecule is CC[C@H](C)Nc1nc(Nc2ccccc2C#N)cc(-c2ccccn2)n1. The van der Waals surface area contributed by atoms with E-state index in [2.05, 4.69) is 45.5 Å². The lowest BCUT2D eigenvalue weighted by molar-refractivity contribution is 0.753. The molecule has 26 heavy (non-hydrogen) atoms. The fourth-order valence-electron chi connectivity index (χ4n) is 2.37. The molecule has 0 amide bonds. The van der Waals surface area contributed by atoms with Crippen LogP contribution >= 0.6 is 0 Å². The van der Waals surface area contributed by atoms with E-state index < -0.39 is 0 Å². The lowest BCUT2D eigenvalue weighted by atomic mass is 10.2. The van der Waals surface area contributed by atoms with E-state index in [-0.39, 0.29) is 6.04 Å². The molecule has 6 nitrogen and oxygen atoms in total. The van der Waals surface area contributed by atoms with E-state index in [0.717, 1.165) is 12.1 Å². The number of aromatic nitrogens is 3. The highest BCUT2D eigenvalue weighted by Gasteiger charge is 2.11. The van der Waals surface area contributed by atoms with Crippen molar-refractivity contribution >= 4 is 17.5 Å². The van der Waals surface area contributed by atoms with Crippen LogP contribution in [-0.2, 0) is 0 Å². The first kappa shape index (κ1) is 17.4. The maximum atomic E-state index is 9.29. The third kappa shape index (κ3) is 4.14. The highest BCUT2D eigenvalue weighted by molar-refractivity contribution is 5.68. The highest BCUT2D eigenvalue weighted by atomic mass is 15.2. The second-order valence-corrected chi connectivity index (χ2v) is 5.91. The van der Waals surface area contributed by atoms with Gasteiger partial charge in [-0.3, -0.25) is 4.98 Å². The van der Waals surface area contributed by atoms with Crippen molar-refractivity contribution < 1.29 is 0 Å². The molecule has 3 rings (SSSR count). The molecule has 0 unspecified atom stereocenters. The van der Waals surface area contributed by atoms with Crippen molar-refractivity contribution in [3.05, 3.63) is 60.3 Å². The molecule has 6 heteroatoms. The molecule has 1 atom stereocenters. The summed E-state index contributed by atoms with van der Waals surface area (Å²) in [5.41, 5.74) is 2.74. The molecular weight excluding hydrogens is 324 g/mol. The largest absolute Gasteiger partial charge is 0.352 e. The lowest BCUT2D eigenvalue weighted by Crippen LogP contribution is -2.16. The summed E-state index contributed by atoms with van der Waals surface area (Å²) in [5, 5.41) is 15.8. The van der Waals surface area contributed by atoms with E-state index in [0.29, 0.717) is 28.7 Å². The van der Waals surface area contributed by atoms with Gasteiger partial charge in [0.25, 0.3) is 0 Å². The fraction of sp³-hybridized carbons (Fsp3) is 0.200. The summed E-state index contributed by atoms with van der Waals surface area (Å²) in [6, 6.07) is 17.3. The molecule has 0 aliphatic carbocycles. The molecule has 1 aromatic carbocycles. The Hall–Kier alpha value is -3.46. The molecule has 0 aliphatic heterocycles. The summed E-state index contributed by atoms with van der Waals surface area (Å²) in [4.78, 5) is 13.5. The van der Waals surface area contributed by atoms with Crippen LogP contribution in [0.4, 0.5) is 17.5 Å². The first-order valence-corrected chi connectivity index (χ1v) is 8.52. The maximum absolute atomic E-state index is 9.29. The van der Waals surface area contributed by atoms with E-state index >= 15 is 0 Å². The van der Waals surface area contributed by atoms with Crippen molar-refractivity contribution in [3.8, 4) is 17.5 Å². The van der Waals surface area contributed by atoms with Gasteiger partial charge in [0, 0.05) is 18.3 Å². The van der Waals surface area contributed by atoms with Crippen molar-refractivity contribution in [2.45, 2.75) is 26.3 Å². The molecule has 0 saturated carbocycles. The molecule has 130 valence electrons. The first-order chi connectivity index (χ1) is 12.7. The Labute approximate surface area is 153 Å². The summed E-state index contributed by atoms with van der Waals surface area (Å²) in [5.74, 6) is 1.13. The summed E-state index contributed by atoms with van der Waals surface area (Å²) in [6.45, 7) is 4.18. The molecule has 0 spiro atoms. The van der Waals surface area contributed by atoms with Gasteiger partial charge in [0.05, 0.1) is 22.6 Å². The van der Waals surface area contributed by atoms with E-state index in [9.17, 15) is 5.26 Å². The number of nitrogens with zero attached hydrogens (tertiary/aromatic N) is 4. The zero-order chi connectivity index (χ0) is 18.4. The van der Waals surface area contributed by atoms with Crippen LogP contribution in [0.15, 0.2) is 54.7 Å². The summed E-state index contributed by atoms with van der Waals surface area (Å²) < 4.78 is 0. The van der Waals surface area contributed by atoms with E-state index in [1.165, 1.54) is 0 Å². The van der Waals surface area contributed by atoms with Crippen LogP contribution in [0.25, 0.3) is 11.4 Å². The number of nitriles is 1. The number of rotatable bonds is 6. The molecule has 0 bridgehead atoms. The average Bonchev–Trinajstić information content (AvgIpc) is 2.69. The van der Waals surface area contributed by atoms with Crippen molar-refractivity contribution in [3.63, 3.8) is 0 Å². The van der Waals surface area contributed by atoms with Gasteiger partial charge in [-0.2, -0.15) is 10.2 Å². The molecule has 0 saturated heterocycles. The smallest absolute Gasteiger partial charge is 0.225 e. The second kappa shape index (κ2) is 8.08. The topological polar surface area (TPSA) is 86.5 Å². The first-order valence-electron chi connectivity index (χ1n) is 8.52. The Balaban J connectivity index is 2.01. The van der Waals surface area contributed by atoms with Crippen molar-refractivity contribution in [1.82, 2.24) is 15.0 Å². The third-order valence-corrected chi connectivity index (χ3v) is 3.95. The molecule has 0 aliphatic rings. The standard InChI is InChI=1S/C20H20N6/c1-3-14(2)23-20-25-18(17-10-6-7-11-22-17)12-19(26-20)24-16-9-5-4-8-15(16)13-21/h4-12,14H,3H2,1-2H3,(H2,23,24,25,26)/t14-/m0/s1. The minimum absolute atomic E-state index is 0.244. The number of hydrogen-bond acceptors (Lipinski definition) is 6. The van der Waals surface area contributed by atoms with Crippen LogP contribution in [0.2, 0.25) is 0 Å². The van der Waals surface area contributed by atoms with Gasteiger partial charge in [-0.25, -0.2) is 4.98 Å². The number of nitrogens with one attached hydrogen (secondary N) is 2. The van der Waals surface area contributed by atoms with Crippen molar-refractivity contribution in [2.24, 2.45) is 0 Å². The van der Waals surface area contributed by atoms with E-state index in [1.54, 1.807) is 12.3 Å². The predicted octanol–water partition coefficient (Wildman–Crippen LogP) is 4.36. The maximum Gasteiger partial charge on any atom is 0.225 e. The van der Waals surface area contributed by atoms with Crippen LogP contribution in [0.1, 0.15) is 25.8 Å². The Morgan fingerprint density at radius 1 is 1.08 bits per heavy atom. The minimum atomic E-state index is 0.244. The normalized spacial score (nSPS) is 11.4. The van der Waals surface area contributed by atoms with Crippen LogP contribution < -0.4 is 10.6 Å². The molecule has 3 aromatic rings. The van der Waals surface area contributed by atoms with Crippen LogP contribution in [0.5, 0.6) is 0 Å². The van der Waals surface area contributed by atoms with Gasteiger partial charge in [0.2, 0.25) is 5.95 Å². The van der Waals surface area contributed by atoms with Gasteiger partial charge < -0.3 is 10.6 Å². The Morgan fingerprint density at radius 2 is 1.88 bits per heavy atom. The molecule has 0 fully saturated rings. The summed E-state index contributed by atoms with van der Waals surface area (Å²) in [6.07, 6.45) is 2.69. The van der Waals surface area contributed by atoms with Crippen molar-refractivity contribution in [1.29, 1.82) is 5.26 Å². The van der Waals surface area contributed by atoms with Gasteiger partial charge >= 0.3 is 0 Å². The fourth-order valence-corrected chi connectivity index (χ4v) is 2.37. The van der Waals surface area contributed by atoms with Crippen molar-refractivity contribution in [2.75, 3.05) is 10.6 Å². The second-order valence-electron chi connectivity index (χ2n) is 5.91.